The first kappa shape index (κ1) is 15.4. The van der Waals surface area contributed by atoms with Gasteiger partial charge in [-0.15, -0.1) is 17.8 Å². The molecule has 1 heterocycles. The number of amides is 1. The zero-order chi connectivity index (χ0) is 16.6. The summed E-state index contributed by atoms with van der Waals surface area (Å²) in [7, 11) is 0. The lowest BCUT2D eigenvalue weighted by atomic mass is 10.0. The number of fused-ring (bicyclic) bond motifs is 1. The molecule has 0 saturated heterocycles. The Bertz CT molecular complexity index is 903. The maximum Gasteiger partial charge on any atom is 0.412 e. The number of nitrogens with zero attached hydrogens (tertiary/aromatic N) is 1. The maximum atomic E-state index is 11.7. The molecule has 0 aliphatic heterocycles. The molecule has 0 bridgehead atoms. The first-order chi connectivity index (χ1) is 10.8. The summed E-state index contributed by atoms with van der Waals surface area (Å²) in [4.78, 5) is 16.3. The molecule has 0 atom stereocenters. The van der Waals surface area contributed by atoms with Crippen molar-refractivity contribution in [1.29, 1.82) is 0 Å². The predicted octanol–water partition coefficient (Wildman–Crippen LogP) is 4.07. The van der Waals surface area contributed by atoms with E-state index in [9.17, 15) is 4.79 Å². The molecule has 4 nitrogen and oxygen atoms in total. The van der Waals surface area contributed by atoms with Crippen molar-refractivity contribution in [1.82, 2.24) is 10.3 Å². The summed E-state index contributed by atoms with van der Waals surface area (Å²) in [6, 6.07) is 5.76. The number of ether oxygens (including phenoxy) is 1. The van der Waals surface area contributed by atoms with E-state index in [1.807, 2.05) is 39.0 Å². The maximum absolute atomic E-state index is 11.7. The SMILES string of the molecule is C#Cc1ccc2nc(C3=C=C(NC(=O)OC(C)(C)C)C3)sc2c1. The molecule has 0 spiro atoms. The minimum Gasteiger partial charge on any atom is -0.444 e. The summed E-state index contributed by atoms with van der Waals surface area (Å²) in [6.07, 6.45) is 5.58. The van der Waals surface area contributed by atoms with Crippen molar-refractivity contribution >= 4 is 33.2 Å². The van der Waals surface area contributed by atoms with Gasteiger partial charge in [-0.3, -0.25) is 5.32 Å². The number of nitrogens with one attached hydrogen (secondary N) is 1. The average Bonchev–Trinajstić information content (AvgIpc) is 2.82. The summed E-state index contributed by atoms with van der Waals surface area (Å²) in [5.41, 5.74) is 6.09. The van der Waals surface area contributed by atoms with Gasteiger partial charge in [0.05, 0.1) is 15.9 Å². The van der Waals surface area contributed by atoms with Gasteiger partial charge in [0.25, 0.3) is 0 Å². The largest absolute Gasteiger partial charge is 0.444 e. The van der Waals surface area contributed by atoms with Gasteiger partial charge in [0.2, 0.25) is 0 Å². The molecule has 0 saturated carbocycles. The molecule has 23 heavy (non-hydrogen) atoms. The lowest BCUT2D eigenvalue weighted by Crippen LogP contribution is -2.32. The molecular weight excluding hydrogens is 308 g/mol. The van der Waals surface area contributed by atoms with Crippen LogP contribution < -0.4 is 5.32 Å². The van der Waals surface area contributed by atoms with Crippen LogP contribution in [0.3, 0.4) is 0 Å². The number of benzene rings is 1. The number of hydrogen-bond donors (Lipinski definition) is 1. The molecule has 2 aromatic rings. The Hall–Kier alpha value is -2.54. The van der Waals surface area contributed by atoms with Crippen LogP contribution in [0.5, 0.6) is 0 Å². The lowest BCUT2D eigenvalue weighted by molar-refractivity contribution is 0.0544. The monoisotopic (exact) mass is 324 g/mol. The smallest absolute Gasteiger partial charge is 0.412 e. The second kappa shape index (κ2) is 5.58. The highest BCUT2D eigenvalue weighted by Gasteiger charge is 2.21. The van der Waals surface area contributed by atoms with Gasteiger partial charge in [-0.25, -0.2) is 9.78 Å². The van der Waals surface area contributed by atoms with Crippen LogP contribution in [0.1, 0.15) is 37.8 Å². The molecule has 1 aromatic heterocycles. The lowest BCUT2D eigenvalue weighted by Gasteiger charge is -2.21. The fourth-order valence-electron chi connectivity index (χ4n) is 2.12. The summed E-state index contributed by atoms with van der Waals surface area (Å²) in [5.74, 6) is 2.62. The summed E-state index contributed by atoms with van der Waals surface area (Å²) >= 11 is 1.58. The van der Waals surface area contributed by atoms with Crippen molar-refractivity contribution in [2.75, 3.05) is 0 Å². The average molecular weight is 324 g/mol. The Balaban J connectivity index is 1.78. The van der Waals surface area contributed by atoms with E-state index in [0.29, 0.717) is 6.42 Å². The molecule has 0 unspecified atom stereocenters. The van der Waals surface area contributed by atoms with Crippen LogP contribution in [-0.2, 0) is 4.74 Å². The van der Waals surface area contributed by atoms with E-state index >= 15 is 0 Å². The second-order valence-corrected chi connectivity index (χ2v) is 7.26. The molecule has 1 aliphatic carbocycles. The Kier molecular flexibility index (Phi) is 3.73. The minimum atomic E-state index is -0.511. The van der Waals surface area contributed by atoms with Gasteiger partial charge in [-0.2, -0.15) is 0 Å². The highest BCUT2D eigenvalue weighted by molar-refractivity contribution is 7.19. The highest BCUT2D eigenvalue weighted by Crippen LogP contribution is 2.33. The number of hydrogen-bond acceptors (Lipinski definition) is 4. The van der Waals surface area contributed by atoms with Crippen LogP contribution in [0.25, 0.3) is 15.8 Å². The van der Waals surface area contributed by atoms with Gasteiger partial charge in [-0.05, 0) is 39.0 Å². The van der Waals surface area contributed by atoms with Crippen LogP contribution in [0, 0.1) is 12.3 Å². The van der Waals surface area contributed by atoms with Gasteiger partial charge in [0.1, 0.15) is 10.6 Å². The zero-order valence-corrected chi connectivity index (χ0v) is 14.0. The van der Waals surface area contributed by atoms with Crippen molar-refractivity contribution in [3.05, 3.63) is 40.2 Å². The molecule has 1 aromatic carbocycles. The molecule has 1 N–H and O–H groups in total. The number of terminal acetylenes is 1. The predicted molar refractivity (Wildman–Crippen MR) is 92.0 cm³/mol. The van der Waals surface area contributed by atoms with Crippen molar-refractivity contribution in [2.45, 2.75) is 32.8 Å². The van der Waals surface area contributed by atoms with Gasteiger partial charge in [0.15, 0.2) is 0 Å². The Morgan fingerprint density at radius 2 is 2.22 bits per heavy atom. The van der Waals surface area contributed by atoms with E-state index in [4.69, 9.17) is 11.2 Å². The summed E-state index contributed by atoms with van der Waals surface area (Å²) in [6.45, 7) is 5.48. The standard InChI is InChI=1S/C18H16N2O2S/c1-5-11-6-7-14-15(8-11)23-16(20-14)12-9-13(10-12)19-17(21)22-18(2,3)4/h1,6-8H,9H2,2-4H3,(H,19,21). The quantitative estimate of drug-likeness (QED) is 0.669. The van der Waals surface area contributed by atoms with Crippen molar-refractivity contribution in [3.63, 3.8) is 0 Å². The molecule has 1 amide bonds. The number of rotatable bonds is 2. The van der Waals surface area contributed by atoms with E-state index in [1.165, 1.54) is 0 Å². The van der Waals surface area contributed by atoms with Crippen molar-refractivity contribution in [3.8, 4) is 12.3 Å². The van der Waals surface area contributed by atoms with Gasteiger partial charge in [0, 0.05) is 17.6 Å². The highest BCUT2D eigenvalue weighted by atomic mass is 32.1. The summed E-state index contributed by atoms with van der Waals surface area (Å²) < 4.78 is 6.26. The normalized spacial score (nSPS) is 13.7. The molecule has 5 heteroatoms. The van der Waals surface area contributed by atoms with E-state index in [2.05, 4.69) is 22.0 Å². The Morgan fingerprint density at radius 1 is 1.48 bits per heavy atom. The van der Waals surface area contributed by atoms with Gasteiger partial charge >= 0.3 is 6.09 Å². The van der Waals surface area contributed by atoms with Crippen LogP contribution in [0.4, 0.5) is 4.79 Å². The Morgan fingerprint density at radius 3 is 2.87 bits per heavy atom. The topological polar surface area (TPSA) is 51.2 Å². The molecule has 116 valence electrons. The number of aromatic nitrogens is 1. The first-order valence-electron chi connectivity index (χ1n) is 7.20. The number of alkyl carbamates (subject to hydrolysis) is 1. The number of carbonyl (C=O) groups excluding carboxylic acids is 1. The third-order valence-corrected chi connectivity index (χ3v) is 4.20. The van der Waals surface area contributed by atoms with E-state index in [-0.39, 0.29) is 0 Å². The molecule has 0 radical (unpaired) electrons. The Labute approximate surface area is 138 Å². The minimum absolute atomic E-state index is 0.456. The van der Waals surface area contributed by atoms with Crippen LogP contribution >= 0.6 is 11.3 Å². The van der Waals surface area contributed by atoms with E-state index in [0.717, 1.165) is 32.1 Å². The fraction of sp³-hybridized carbons (Fsp3) is 0.278. The van der Waals surface area contributed by atoms with Crippen LogP contribution in [0.2, 0.25) is 0 Å². The first-order valence-corrected chi connectivity index (χ1v) is 8.02. The summed E-state index contributed by atoms with van der Waals surface area (Å²) in [5, 5.41) is 3.60. The van der Waals surface area contributed by atoms with Crippen LogP contribution in [0.15, 0.2) is 29.6 Å². The van der Waals surface area contributed by atoms with Crippen LogP contribution in [-0.4, -0.2) is 16.7 Å². The third kappa shape index (κ3) is 3.45. The van der Waals surface area contributed by atoms with Crippen molar-refractivity contribution in [2.24, 2.45) is 0 Å². The third-order valence-electron chi connectivity index (χ3n) is 3.12. The van der Waals surface area contributed by atoms with E-state index < -0.39 is 11.7 Å². The fourth-order valence-corrected chi connectivity index (χ4v) is 3.12. The second-order valence-electron chi connectivity index (χ2n) is 6.23. The van der Waals surface area contributed by atoms with E-state index in [1.54, 1.807) is 11.3 Å². The molecule has 1 aliphatic rings. The molecule has 0 fully saturated rings. The van der Waals surface area contributed by atoms with Crippen molar-refractivity contribution < 1.29 is 9.53 Å². The van der Waals surface area contributed by atoms with Gasteiger partial charge < -0.3 is 4.74 Å². The molecular formula is C18H16N2O2S. The zero-order valence-electron chi connectivity index (χ0n) is 13.2. The molecule has 3 rings (SSSR count). The van der Waals surface area contributed by atoms with Gasteiger partial charge in [-0.1, -0.05) is 11.7 Å². The number of carbonyl (C=O) groups is 1. The number of thiazole rings is 1.